The minimum Gasteiger partial charge on any atom is -0.127 e. The zero-order valence-electron chi connectivity index (χ0n) is 7.30. The van der Waals surface area contributed by atoms with Gasteiger partial charge in [0.1, 0.15) is 0 Å². The largest absolute Gasteiger partial charge is 0.127 e. The molecule has 1 aromatic rings. The van der Waals surface area contributed by atoms with Crippen LogP contribution in [0.3, 0.4) is 0 Å². The van der Waals surface area contributed by atoms with Crippen molar-refractivity contribution in [2.45, 2.75) is 18.5 Å². The molecule has 0 radical (unpaired) electrons. The zero-order chi connectivity index (χ0) is 8.65. The lowest BCUT2D eigenvalue weighted by atomic mass is 10.2. The Morgan fingerprint density at radius 1 is 1.17 bits per heavy atom. The van der Waals surface area contributed by atoms with Gasteiger partial charge in [0.25, 0.3) is 0 Å². The number of alkyl halides is 1. The molecule has 0 unspecified atom stereocenters. The van der Waals surface area contributed by atoms with E-state index in [9.17, 15) is 0 Å². The Hall–Kier alpha value is -0.273. The van der Waals surface area contributed by atoms with E-state index in [2.05, 4.69) is 30.3 Å². The standard InChI is InChI=1S/C10H15ClSi/c11-7-4-8-12-9-10-5-2-1-3-6-10/h1-3,5-6H,4,7-9,12H2. The van der Waals surface area contributed by atoms with Crippen LogP contribution in [-0.2, 0) is 6.04 Å². The van der Waals surface area contributed by atoms with E-state index in [1.54, 1.807) is 0 Å². The monoisotopic (exact) mass is 198 g/mol. The van der Waals surface area contributed by atoms with E-state index in [0.29, 0.717) is 0 Å². The molecule has 0 nitrogen and oxygen atoms in total. The van der Waals surface area contributed by atoms with Crippen molar-refractivity contribution in [3.05, 3.63) is 35.9 Å². The normalized spacial score (nSPS) is 11.1. The Morgan fingerprint density at radius 3 is 2.58 bits per heavy atom. The molecule has 0 aliphatic rings. The Balaban J connectivity index is 2.16. The highest BCUT2D eigenvalue weighted by molar-refractivity contribution is 6.35. The molecule has 2 heteroatoms. The van der Waals surface area contributed by atoms with Crippen molar-refractivity contribution in [2.75, 3.05) is 5.88 Å². The van der Waals surface area contributed by atoms with Crippen LogP contribution >= 0.6 is 11.6 Å². The van der Waals surface area contributed by atoms with Gasteiger partial charge in [0, 0.05) is 15.4 Å². The number of benzene rings is 1. The van der Waals surface area contributed by atoms with Crippen LogP contribution in [0.1, 0.15) is 12.0 Å². The highest BCUT2D eigenvalue weighted by atomic mass is 35.5. The maximum Gasteiger partial charge on any atom is 0.0248 e. The third-order valence-electron chi connectivity index (χ3n) is 1.94. The highest BCUT2D eigenvalue weighted by Crippen LogP contribution is 2.00. The average Bonchev–Trinajstić information content (AvgIpc) is 2.14. The summed E-state index contributed by atoms with van der Waals surface area (Å²) in [5.41, 5.74) is 1.50. The van der Waals surface area contributed by atoms with Crippen molar-refractivity contribution in [1.82, 2.24) is 0 Å². The van der Waals surface area contributed by atoms with Crippen molar-refractivity contribution < 1.29 is 0 Å². The van der Waals surface area contributed by atoms with Crippen molar-refractivity contribution in [2.24, 2.45) is 0 Å². The van der Waals surface area contributed by atoms with Gasteiger partial charge in [-0.15, -0.1) is 11.6 Å². The van der Waals surface area contributed by atoms with Crippen LogP contribution in [0.25, 0.3) is 0 Å². The first kappa shape index (κ1) is 9.81. The molecular formula is C10H15ClSi. The van der Waals surface area contributed by atoms with Crippen molar-refractivity contribution in [1.29, 1.82) is 0 Å². The van der Waals surface area contributed by atoms with Gasteiger partial charge in [-0.1, -0.05) is 41.9 Å². The molecule has 12 heavy (non-hydrogen) atoms. The summed E-state index contributed by atoms with van der Waals surface area (Å²) in [7, 11) is 0.118. The summed E-state index contributed by atoms with van der Waals surface area (Å²) in [6, 6.07) is 13.5. The van der Waals surface area contributed by atoms with Crippen LogP contribution in [0.15, 0.2) is 30.3 Å². The van der Waals surface area contributed by atoms with E-state index < -0.39 is 0 Å². The Labute approximate surface area is 81.8 Å². The molecule has 66 valence electrons. The maximum atomic E-state index is 5.61. The lowest BCUT2D eigenvalue weighted by Gasteiger charge is -1.98. The average molecular weight is 199 g/mol. The molecule has 0 spiro atoms. The first-order valence-corrected chi connectivity index (χ1v) is 7.07. The summed E-state index contributed by atoms with van der Waals surface area (Å²) in [5.74, 6) is 0.835. The Bertz CT molecular complexity index is 198. The number of halogens is 1. The smallest absolute Gasteiger partial charge is 0.0248 e. The van der Waals surface area contributed by atoms with E-state index in [4.69, 9.17) is 11.6 Å². The fourth-order valence-electron chi connectivity index (χ4n) is 1.25. The van der Waals surface area contributed by atoms with Gasteiger partial charge in [-0.25, -0.2) is 0 Å². The Kier molecular flexibility index (Phi) is 5.12. The third kappa shape index (κ3) is 3.93. The van der Waals surface area contributed by atoms with E-state index in [-0.39, 0.29) is 9.52 Å². The predicted octanol–water partition coefficient (Wildman–Crippen LogP) is 2.40. The van der Waals surface area contributed by atoms with Crippen molar-refractivity contribution in [3.63, 3.8) is 0 Å². The molecule has 0 aliphatic heterocycles. The first-order valence-electron chi connectivity index (χ1n) is 4.53. The zero-order valence-corrected chi connectivity index (χ0v) is 9.47. The topological polar surface area (TPSA) is 0 Å². The number of rotatable bonds is 5. The van der Waals surface area contributed by atoms with E-state index in [0.717, 1.165) is 5.88 Å². The summed E-state index contributed by atoms with van der Waals surface area (Å²) in [4.78, 5) is 0. The highest BCUT2D eigenvalue weighted by Gasteiger charge is 1.91. The molecule has 0 aliphatic carbocycles. The SMILES string of the molecule is ClCCC[SiH2]Cc1ccccc1. The van der Waals surface area contributed by atoms with Gasteiger partial charge in [-0.3, -0.25) is 0 Å². The van der Waals surface area contributed by atoms with Crippen molar-refractivity contribution in [3.8, 4) is 0 Å². The summed E-state index contributed by atoms with van der Waals surface area (Å²) in [5, 5.41) is 0. The Morgan fingerprint density at radius 2 is 1.92 bits per heavy atom. The van der Waals surface area contributed by atoms with Crippen LogP contribution in [-0.4, -0.2) is 15.4 Å². The van der Waals surface area contributed by atoms with Crippen molar-refractivity contribution >= 4 is 21.1 Å². The van der Waals surface area contributed by atoms with Crippen LogP contribution in [0.4, 0.5) is 0 Å². The third-order valence-corrected chi connectivity index (χ3v) is 4.14. The van der Waals surface area contributed by atoms with Gasteiger partial charge < -0.3 is 0 Å². The molecule has 1 aromatic carbocycles. The van der Waals surface area contributed by atoms with Gasteiger partial charge >= 0.3 is 0 Å². The summed E-state index contributed by atoms with van der Waals surface area (Å²) in [6.07, 6.45) is 1.21. The van der Waals surface area contributed by atoms with Crippen LogP contribution in [0.2, 0.25) is 6.04 Å². The second-order valence-electron chi connectivity index (χ2n) is 2.99. The fraction of sp³-hybridized carbons (Fsp3) is 0.400. The fourth-order valence-corrected chi connectivity index (χ4v) is 3.35. The molecule has 0 atom stereocenters. The van der Waals surface area contributed by atoms with E-state index >= 15 is 0 Å². The van der Waals surface area contributed by atoms with E-state index in [1.807, 2.05) is 0 Å². The molecule has 0 saturated carbocycles. The van der Waals surface area contributed by atoms with Gasteiger partial charge in [0.2, 0.25) is 0 Å². The van der Waals surface area contributed by atoms with Crippen LogP contribution < -0.4 is 0 Å². The quantitative estimate of drug-likeness (QED) is 0.387. The molecule has 1 rings (SSSR count). The second-order valence-corrected chi connectivity index (χ2v) is 5.28. The molecule has 0 N–H and O–H groups in total. The first-order chi connectivity index (χ1) is 5.93. The van der Waals surface area contributed by atoms with Crippen LogP contribution in [0.5, 0.6) is 0 Å². The van der Waals surface area contributed by atoms with Gasteiger partial charge in [0.05, 0.1) is 0 Å². The molecule has 0 bridgehead atoms. The number of hydrogen-bond donors (Lipinski definition) is 0. The molecule has 0 fully saturated rings. The molecule has 0 saturated heterocycles. The lowest BCUT2D eigenvalue weighted by Crippen LogP contribution is -1.96. The summed E-state index contributed by atoms with van der Waals surface area (Å²) in [6.45, 7) is 0. The number of hydrogen-bond acceptors (Lipinski definition) is 0. The minimum absolute atomic E-state index is 0.118. The second kappa shape index (κ2) is 6.27. The predicted molar refractivity (Wildman–Crippen MR) is 58.8 cm³/mol. The van der Waals surface area contributed by atoms with Gasteiger partial charge in [0.15, 0.2) is 0 Å². The maximum absolute atomic E-state index is 5.61. The molecule has 0 aromatic heterocycles. The summed E-state index contributed by atoms with van der Waals surface area (Å²) >= 11 is 5.61. The van der Waals surface area contributed by atoms with E-state index in [1.165, 1.54) is 24.1 Å². The summed E-state index contributed by atoms with van der Waals surface area (Å²) < 4.78 is 0. The minimum atomic E-state index is 0.118. The molecule has 0 amide bonds. The van der Waals surface area contributed by atoms with Gasteiger partial charge in [-0.05, 0) is 12.5 Å². The van der Waals surface area contributed by atoms with Crippen LogP contribution in [0, 0.1) is 0 Å². The molecule has 0 heterocycles. The van der Waals surface area contributed by atoms with Gasteiger partial charge in [-0.2, -0.15) is 0 Å². The lowest BCUT2D eigenvalue weighted by molar-refractivity contribution is 1.07. The molecular weight excluding hydrogens is 184 g/mol.